The van der Waals surface area contributed by atoms with Gasteiger partial charge in [-0.2, -0.15) is 0 Å². The molecule has 0 aromatic carbocycles. The third-order valence-electron chi connectivity index (χ3n) is 2.80. The van der Waals surface area contributed by atoms with E-state index in [-0.39, 0.29) is 11.8 Å². The first kappa shape index (κ1) is 14.8. The summed E-state index contributed by atoms with van der Waals surface area (Å²) in [7, 11) is 1.56. The molecular weight excluding hydrogens is 273 g/mol. The molecule has 0 atom stereocenters. The van der Waals surface area contributed by atoms with Crippen LogP contribution < -0.4 is 10.6 Å². The van der Waals surface area contributed by atoms with Crippen LogP contribution in [0, 0.1) is 5.82 Å². The molecule has 0 bridgehead atoms. The number of hydrogen-bond acceptors (Lipinski definition) is 5. The van der Waals surface area contributed by atoms with Crippen LogP contribution in [-0.4, -0.2) is 27.9 Å². The molecule has 7 heteroatoms. The Morgan fingerprint density at radius 1 is 1.24 bits per heavy atom. The molecule has 0 aliphatic carbocycles. The smallest absolute Gasteiger partial charge is 0.254 e. The number of carbonyl (C=O) groups excluding carboxylic acids is 1. The number of carbonyl (C=O) groups is 1. The molecule has 0 aliphatic rings. The molecule has 2 aromatic heterocycles. The van der Waals surface area contributed by atoms with E-state index in [4.69, 9.17) is 0 Å². The molecule has 0 saturated heterocycles. The highest BCUT2D eigenvalue weighted by molar-refractivity contribution is 5.95. The van der Waals surface area contributed by atoms with Crippen molar-refractivity contribution in [3.8, 4) is 0 Å². The molecular formula is C14H16FN5O. The normalized spacial score (nSPS) is 10.5. The van der Waals surface area contributed by atoms with Crippen LogP contribution in [0.25, 0.3) is 0 Å². The van der Waals surface area contributed by atoms with Crippen LogP contribution in [0.4, 0.5) is 16.2 Å². The second-order valence-corrected chi connectivity index (χ2v) is 4.71. The maximum atomic E-state index is 12.8. The SMILES string of the molecule is CNC(=O)c1cnc(Nc2ccc(F)cn2)nc1C(C)C. The van der Waals surface area contributed by atoms with Crippen LogP contribution >= 0.6 is 0 Å². The number of nitrogens with one attached hydrogen (secondary N) is 2. The Hall–Kier alpha value is -2.57. The van der Waals surface area contributed by atoms with Crippen LogP contribution in [0.15, 0.2) is 24.5 Å². The zero-order valence-corrected chi connectivity index (χ0v) is 12.0. The lowest BCUT2D eigenvalue weighted by Gasteiger charge is -2.12. The summed E-state index contributed by atoms with van der Waals surface area (Å²) in [5.74, 6) is 0.149. The van der Waals surface area contributed by atoms with Gasteiger partial charge in [-0.15, -0.1) is 0 Å². The molecule has 0 radical (unpaired) electrons. The average molecular weight is 289 g/mol. The van der Waals surface area contributed by atoms with Crippen molar-refractivity contribution in [2.24, 2.45) is 0 Å². The zero-order valence-electron chi connectivity index (χ0n) is 12.0. The number of amides is 1. The van der Waals surface area contributed by atoms with E-state index in [1.807, 2.05) is 13.8 Å². The van der Waals surface area contributed by atoms with Crippen molar-refractivity contribution in [2.45, 2.75) is 19.8 Å². The maximum absolute atomic E-state index is 12.8. The molecule has 21 heavy (non-hydrogen) atoms. The highest BCUT2D eigenvalue weighted by Gasteiger charge is 2.16. The highest BCUT2D eigenvalue weighted by Crippen LogP contribution is 2.19. The standard InChI is InChI=1S/C14H16FN5O/c1-8(2)12-10(13(21)16-3)7-18-14(20-12)19-11-5-4-9(15)6-17-11/h4-8H,1-3H3,(H,16,21)(H,17,18,19,20). The predicted octanol–water partition coefficient (Wildman–Crippen LogP) is 2.24. The molecule has 0 unspecified atom stereocenters. The van der Waals surface area contributed by atoms with E-state index in [1.165, 1.54) is 18.3 Å². The molecule has 2 N–H and O–H groups in total. The first-order valence-electron chi connectivity index (χ1n) is 6.49. The largest absolute Gasteiger partial charge is 0.355 e. The highest BCUT2D eigenvalue weighted by atomic mass is 19.1. The van der Waals surface area contributed by atoms with Gasteiger partial charge in [0.2, 0.25) is 5.95 Å². The van der Waals surface area contributed by atoms with E-state index in [1.54, 1.807) is 7.05 Å². The van der Waals surface area contributed by atoms with Crippen LogP contribution in [0.3, 0.4) is 0 Å². The molecule has 0 fully saturated rings. The summed E-state index contributed by atoms with van der Waals surface area (Å²) >= 11 is 0. The van der Waals surface area contributed by atoms with Crippen LogP contribution in [0.2, 0.25) is 0 Å². The minimum atomic E-state index is -0.417. The van der Waals surface area contributed by atoms with Crippen LogP contribution in [0.1, 0.15) is 35.8 Å². The van der Waals surface area contributed by atoms with Crippen LogP contribution in [0.5, 0.6) is 0 Å². The van der Waals surface area contributed by atoms with Crippen molar-refractivity contribution in [1.29, 1.82) is 0 Å². The minimum absolute atomic E-state index is 0.0574. The van der Waals surface area contributed by atoms with Crippen molar-refractivity contribution < 1.29 is 9.18 Å². The van der Waals surface area contributed by atoms with Crippen molar-refractivity contribution >= 4 is 17.7 Å². The van der Waals surface area contributed by atoms with E-state index < -0.39 is 5.82 Å². The van der Waals surface area contributed by atoms with Crippen molar-refractivity contribution in [3.05, 3.63) is 41.6 Å². The minimum Gasteiger partial charge on any atom is -0.355 e. The summed E-state index contributed by atoms with van der Waals surface area (Å²) in [5, 5.41) is 5.44. The quantitative estimate of drug-likeness (QED) is 0.902. The Kier molecular flexibility index (Phi) is 4.42. The number of halogens is 1. The molecule has 2 aromatic rings. The molecule has 0 saturated carbocycles. The van der Waals surface area contributed by atoms with E-state index in [2.05, 4.69) is 25.6 Å². The molecule has 0 aliphatic heterocycles. The Labute approximate surface area is 121 Å². The zero-order chi connectivity index (χ0) is 15.4. The van der Waals surface area contributed by atoms with Gasteiger partial charge >= 0.3 is 0 Å². The number of pyridine rings is 1. The fraction of sp³-hybridized carbons (Fsp3) is 0.286. The van der Waals surface area contributed by atoms with Gasteiger partial charge < -0.3 is 10.6 Å². The fourth-order valence-electron chi connectivity index (χ4n) is 1.77. The summed E-state index contributed by atoms with van der Waals surface area (Å²) in [6, 6.07) is 2.78. The second kappa shape index (κ2) is 6.25. The Balaban J connectivity index is 2.31. The number of rotatable bonds is 4. The fourth-order valence-corrected chi connectivity index (χ4v) is 1.77. The van der Waals surface area contributed by atoms with Gasteiger partial charge in [0.15, 0.2) is 0 Å². The van der Waals surface area contributed by atoms with Gasteiger partial charge in [0.1, 0.15) is 11.6 Å². The van der Waals surface area contributed by atoms with E-state index >= 15 is 0 Å². The first-order valence-corrected chi connectivity index (χ1v) is 6.49. The summed E-state index contributed by atoms with van der Waals surface area (Å²) in [6.45, 7) is 3.88. The average Bonchev–Trinajstić information content (AvgIpc) is 2.48. The number of nitrogens with zero attached hydrogens (tertiary/aromatic N) is 3. The summed E-state index contributed by atoms with van der Waals surface area (Å²) in [4.78, 5) is 24.1. The Morgan fingerprint density at radius 3 is 2.57 bits per heavy atom. The van der Waals surface area contributed by atoms with Gasteiger partial charge in [0.25, 0.3) is 5.91 Å². The molecule has 6 nitrogen and oxygen atoms in total. The van der Waals surface area contributed by atoms with Gasteiger partial charge in [-0.1, -0.05) is 13.8 Å². The predicted molar refractivity (Wildman–Crippen MR) is 77.0 cm³/mol. The molecule has 2 heterocycles. The third-order valence-corrected chi connectivity index (χ3v) is 2.80. The molecule has 110 valence electrons. The van der Waals surface area contributed by atoms with Crippen molar-refractivity contribution in [1.82, 2.24) is 20.3 Å². The van der Waals surface area contributed by atoms with Crippen LogP contribution in [-0.2, 0) is 0 Å². The third kappa shape index (κ3) is 3.50. The summed E-state index contributed by atoms with van der Waals surface area (Å²) in [5.41, 5.74) is 1.07. The number of anilines is 2. The van der Waals surface area contributed by atoms with E-state index in [0.717, 1.165) is 6.20 Å². The lowest BCUT2D eigenvalue weighted by Crippen LogP contribution is -2.21. The molecule has 1 amide bonds. The Bertz CT molecular complexity index is 642. The van der Waals surface area contributed by atoms with Crippen molar-refractivity contribution in [2.75, 3.05) is 12.4 Å². The summed E-state index contributed by atoms with van der Waals surface area (Å²) < 4.78 is 12.8. The lowest BCUT2D eigenvalue weighted by atomic mass is 10.0. The van der Waals surface area contributed by atoms with E-state index in [0.29, 0.717) is 23.0 Å². The summed E-state index contributed by atoms with van der Waals surface area (Å²) in [6.07, 6.45) is 2.57. The van der Waals surface area contributed by atoms with Gasteiger partial charge in [-0.3, -0.25) is 4.79 Å². The van der Waals surface area contributed by atoms with Crippen molar-refractivity contribution in [3.63, 3.8) is 0 Å². The number of aromatic nitrogens is 3. The number of hydrogen-bond donors (Lipinski definition) is 2. The van der Waals surface area contributed by atoms with Gasteiger partial charge in [0.05, 0.1) is 17.5 Å². The van der Waals surface area contributed by atoms with Gasteiger partial charge in [-0.05, 0) is 18.1 Å². The van der Waals surface area contributed by atoms with E-state index in [9.17, 15) is 9.18 Å². The Morgan fingerprint density at radius 2 is 2.00 bits per heavy atom. The lowest BCUT2D eigenvalue weighted by molar-refractivity contribution is 0.0961. The molecule has 0 spiro atoms. The van der Waals surface area contributed by atoms with Gasteiger partial charge in [0, 0.05) is 13.2 Å². The first-order chi connectivity index (χ1) is 10.0. The molecule has 2 rings (SSSR count). The second-order valence-electron chi connectivity index (χ2n) is 4.71. The maximum Gasteiger partial charge on any atom is 0.254 e. The van der Waals surface area contributed by atoms with Gasteiger partial charge in [-0.25, -0.2) is 19.3 Å². The topological polar surface area (TPSA) is 79.8 Å². The monoisotopic (exact) mass is 289 g/mol.